The van der Waals surface area contributed by atoms with Gasteiger partial charge in [-0.15, -0.1) is 11.3 Å². The van der Waals surface area contributed by atoms with Gasteiger partial charge in [-0.05, 0) is 42.0 Å². The molecule has 0 bridgehead atoms. The van der Waals surface area contributed by atoms with E-state index in [0.29, 0.717) is 16.3 Å². The maximum absolute atomic E-state index is 14.7. The molecular weight excluding hydrogens is 418 g/mol. The second kappa shape index (κ2) is 9.06. The Morgan fingerprint density at radius 1 is 1.03 bits per heavy atom. The summed E-state index contributed by atoms with van der Waals surface area (Å²) in [5.74, 6) is -0.817. The van der Waals surface area contributed by atoms with Crippen LogP contribution in [0.4, 0.5) is 14.5 Å². The fourth-order valence-electron chi connectivity index (χ4n) is 2.99. The molecule has 0 atom stereocenters. The minimum Gasteiger partial charge on any atom is -0.489 e. The Labute approximate surface area is 182 Å². The van der Waals surface area contributed by atoms with Crippen molar-refractivity contribution in [1.29, 1.82) is 0 Å². The third kappa shape index (κ3) is 4.78. The van der Waals surface area contributed by atoms with Crippen LogP contribution in [0.3, 0.4) is 0 Å². The SMILES string of the molecule is CN(C(=O)c1csc(-c2ccc(OCc3cccc(F)c3)cc2F)n1)c1ccccc1. The van der Waals surface area contributed by atoms with Gasteiger partial charge < -0.3 is 9.64 Å². The summed E-state index contributed by atoms with van der Waals surface area (Å²) in [7, 11) is 1.67. The van der Waals surface area contributed by atoms with Crippen molar-refractivity contribution < 1.29 is 18.3 Å². The summed E-state index contributed by atoms with van der Waals surface area (Å²) in [6, 6.07) is 19.7. The molecule has 0 aliphatic rings. The Bertz CT molecular complexity index is 1210. The normalized spacial score (nSPS) is 10.7. The van der Waals surface area contributed by atoms with Gasteiger partial charge in [0.1, 0.15) is 34.7 Å². The van der Waals surface area contributed by atoms with Crippen LogP contribution in [0.5, 0.6) is 5.75 Å². The summed E-state index contributed by atoms with van der Waals surface area (Å²) < 4.78 is 33.5. The van der Waals surface area contributed by atoms with E-state index in [1.165, 1.54) is 34.4 Å². The highest BCUT2D eigenvalue weighted by molar-refractivity contribution is 7.13. The molecule has 0 saturated heterocycles. The van der Waals surface area contributed by atoms with Crippen LogP contribution in [-0.2, 0) is 6.61 Å². The summed E-state index contributed by atoms with van der Waals surface area (Å²) in [4.78, 5) is 18.5. The number of nitrogens with zero attached hydrogens (tertiary/aromatic N) is 2. The molecule has 4 aromatic rings. The van der Waals surface area contributed by atoms with Crippen molar-refractivity contribution in [2.24, 2.45) is 0 Å². The number of aromatic nitrogens is 1. The van der Waals surface area contributed by atoms with Crippen LogP contribution in [0, 0.1) is 11.6 Å². The van der Waals surface area contributed by atoms with Gasteiger partial charge in [-0.25, -0.2) is 13.8 Å². The molecule has 0 unspecified atom stereocenters. The largest absolute Gasteiger partial charge is 0.489 e. The number of ether oxygens (including phenoxy) is 1. The number of para-hydroxylation sites is 1. The van der Waals surface area contributed by atoms with Gasteiger partial charge in [0.25, 0.3) is 5.91 Å². The molecule has 0 fully saturated rings. The first-order valence-corrected chi connectivity index (χ1v) is 10.3. The molecule has 1 heterocycles. The lowest BCUT2D eigenvalue weighted by atomic mass is 10.2. The van der Waals surface area contributed by atoms with Crippen LogP contribution in [0.1, 0.15) is 16.1 Å². The lowest BCUT2D eigenvalue weighted by molar-refractivity contribution is 0.0989. The molecule has 0 aliphatic carbocycles. The Hall–Kier alpha value is -3.58. The number of rotatable bonds is 6. The molecule has 7 heteroatoms. The Morgan fingerprint density at radius 2 is 1.84 bits per heavy atom. The number of hydrogen-bond donors (Lipinski definition) is 0. The lowest BCUT2D eigenvalue weighted by Gasteiger charge is -2.15. The number of anilines is 1. The minimum absolute atomic E-state index is 0.123. The molecule has 0 radical (unpaired) electrons. The molecule has 1 aromatic heterocycles. The standard InChI is InChI=1S/C24H18F2N2O2S/c1-28(18-8-3-2-4-9-18)24(29)22-15-31-23(27-22)20-11-10-19(13-21(20)26)30-14-16-6-5-7-17(25)12-16/h2-13,15H,14H2,1H3. The summed E-state index contributed by atoms with van der Waals surface area (Å²) in [5, 5.41) is 2.02. The van der Waals surface area contributed by atoms with Crippen molar-refractivity contribution in [2.75, 3.05) is 11.9 Å². The van der Waals surface area contributed by atoms with Crippen molar-refractivity contribution >= 4 is 22.9 Å². The third-order valence-electron chi connectivity index (χ3n) is 4.64. The molecule has 0 aliphatic heterocycles. The van der Waals surface area contributed by atoms with E-state index < -0.39 is 5.82 Å². The number of hydrogen-bond acceptors (Lipinski definition) is 4. The second-order valence-electron chi connectivity index (χ2n) is 6.80. The third-order valence-corrected chi connectivity index (χ3v) is 5.51. The molecule has 4 rings (SSSR count). The van der Waals surface area contributed by atoms with E-state index in [1.807, 2.05) is 30.3 Å². The molecular formula is C24H18F2N2O2S. The van der Waals surface area contributed by atoms with E-state index in [1.54, 1.807) is 36.7 Å². The van der Waals surface area contributed by atoms with Crippen molar-refractivity contribution in [1.82, 2.24) is 4.98 Å². The first-order chi connectivity index (χ1) is 15.0. The first-order valence-electron chi connectivity index (χ1n) is 9.47. The number of carbonyl (C=O) groups is 1. The zero-order valence-corrected chi connectivity index (χ0v) is 17.4. The molecule has 31 heavy (non-hydrogen) atoms. The van der Waals surface area contributed by atoms with Gasteiger partial charge in [0.05, 0.1) is 0 Å². The van der Waals surface area contributed by atoms with Crippen molar-refractivity contribution in [2.45, 2.75) is 6.61 Å². The van der Waals surface area contributed by atoms with E-state index in [0.717, 1.165) is 5.69 Å². The highest BCUT2D eigenvalue weighted by atomic mass is 32.1. The molecule has 156 valence electrons. The highest BCUT2D eigenvalue weighted by Crippen LogP contribution is 2.30. The molecule has 0 saturated carbocycles. The second-order valence-corrected chi connectivity index (χ2v) is 7.66. The predicted octanol–water partition coefficient (Wildman–Crippen LogP) is 5.94. The van der Waals surface area contributed by atoms with Crippen molar-refractivity contribution in [3.63, 3.8) is 0 Å². The van der Waals surface area contributed by atoms with Gasteiger partial charge in [0, 0.05) is 29.7 Å². The fourth-order valence-corrected chi connectivity index (χ4v) is 3.81. The smallest absolute Gasteiger partial charge is 0.277 e. The van der Waals surface area contributed by atoms with Crippen LogP contribution in [0.25, 0.3) is 10.6 Å². The van der Waals surface area contributed by atoms with E-state index in [2.05, 4.69) is 4.98 Å². The van der Waals surface area contributed by atoms with Gasteiger partial charge in [-0.3, -0.25) is 4.79 Å². The van der Waals surface area contributed by atoms with E-state index in [4.69, 9.17) is 4.74 Å². The zero-order chi connectivity index (χ0) is 21.8. The van der Waals surface area contributed by atoms with E-state index in [9.17, 15) is 13.6 Å². The van der Waals surface area contributed by atoms with E-state index in [-0.39, 0.29) is 29.6 Å². The van der Waals surface area contributed by atoms with Crippen LogP contribution >= 0.6 is 11.3 Å². The first kappa shape index (κ1) is 20.7. The molecule has 0 N–H and O–H groups in total. The van der Waals surface area contributed by atoms with Crippen LogP contribution < -0.4 is 9.64 Å². The highest BCUT2D eigenvalue weighted by Gasteiger charge is 2.19. The van der Waals surface area contributed by atoms with Gasteiger partial charge in [0.15, 0.2) is 0 Å². The van der Waals surface area contributed by atoms with Gasteiger partial charge in [-0.1, -0.05) is 30.3 Å². The van der Waals surface area contributed by atoms with Gasteiger partial charge >= 0.3 is 0 Å². The summed E-state index contributed by atoms with van der Waals surface area (Å²) in [5.41, 5.74) is 1.92. The number of carbonyl (C=O) groups excluding carboxylic acids is 1. The maximum atomic E-state index is 14.7. The van der Waals surface area contributed by atoms with Crippen LogP contribution in [0.15, 0.2) is 78.2 Å². The number of halogens is 2. The predicted molar refractivity (Wildman–Crippen MR) is 117 cm³/mol. The Morgan fingerprint density at radius 3 is 2.58 bits per heavy atom. The summed E-state index contributed by atoms with van der Waals surface area (Å²) in [6.07, 6.45) is 0. The molecule has 0 spiro atoms. The summed E-state index contributed by atoms with van der Waals surface area (Å²) in [6.45, 7) is 0.123. The zero-order valence-electron chi connectivity index (χ0n) is 16.6. The van der Waals surface area contributed by atoms with Crippen molar-refractivity contribution in [3.8, 4) is 16.3 Å². The Balaban J connectivity index is 1.47. The maximum Gasteiger partial charge on any atom is 0.277 e. The van der Waals surface area contributed by atoms with Gasteiger partial charge in [0.2, 0.25) is 0 Å². The fraction of sp³-hybridized carbons (Fsp3) is 0.0833. The van der Waals surface area contributed by atoms with Crippen molar-refractivity contribution in [3.05, 3.63) is 101 Å². The van der Waals surface area contributed by atoms with Crippen LogP contribution in [0.2, 0.25) is 0 Å². The topological polar surface area (TPSA) is 42.4 Å². The summed E-state index contributed by atoms with van der Waals surface area (Å²) >= 11 is 1.19. The minimum atomic E-state index is -0.512. The number of thiazole rings is 1. The van der Waals surface area contributed by atoms with E-state index >= 15 is 0 Å². The number of amides is 1. The van der Waals surface area contributed by atoms with Crippen LogP contribution in [-0.4, -0.2) is 17.9 Å². The number of benzene rings is 3. The molecule has 4 nitrogen and oxygen atoms in total. The molecule has 1 amide bonds. The Kier molecular flexibility index (Phi) is 6.04. The van der Waals surface area contributed by atoms with Gasteiger partial charge in [-0.2, -0.15) is 0 Å². The lowest BCUT2D eigenvalue weighted by Crippen LogP contribution is -2.26. The molecule has 3 aromatic carbocycles. The monoisotopic (exact) mass is 436 g/mol. The average Bonchev–Trinajstić information content (AvgIpc) is 3.27. The quantitative estimate of drug-likeness (QED) is 0.375. The average molecular weight is 436 g/mol.